The lowest BCUT2D eigenvalue weighted by atomic mass is 9.90. The molecule has 3 heteroatoms. The van der Waals surface area contributed by atoms with E-state index in [1.807, 2.05) is 12.1 Å². The van der Waals surface area contributed by atoms with Gasteiger partial charge in [0.1, 0.15) is 14.1 Å². The molecule has 3 rings (SSSR count). The Morgan fingerprint density at radius 2 is 1.27 bits per heavy atom. The summed E-state index contributed by atoms with van der Waals surface area (Å²) in [4.78, 5) is 2.11. The van der Waals surface area contributed by atoms with E-state index in [9.17, 15) is 0 Å². The summed E-state index contributed by atoms with van der Waals surface area (Å²) in [5.74, 6) is 0. The highest BCUT2D eigenvalue weighted by atomic mass is 35.5. The molecule has 0 heterocycles. The summed E-state index contributed by atoms with van der Waals surface area (Å²) < 4.78 is 2.11. The van der Waals surface area contributed by atoms with E-state index in [-0.39, 0.29) is 0 Å². The maximum Gasteiger partial charge on any atom is 0.199 e. The molecule has 0 fully saturated rings. The van der Waals surface area contributed by atoms with Crippen LogP contribution in [0.25, 0.3) is 5.57 Å². The fraction of sp³-hybridized carbons (Fsp3) is 0.174. The number of hydrogen-bond donors (Lipinski definition) is 0. The van der Waals surface area contributed by atoms with E-state index < -0.39 is 0 Å². The molecule has 0 N–H and O–H groups in total. The predicted molar refractivity (Wildman–Crippen MR) is 114 cm³/mol. The Balaban J connectivity index is 2.13. The number of anilines is 1. The van der Waals surface area contributed by atoms with Gasteiger partial charge >= 0.3 is 0 Å². The summed E-state index contributed by atoms with van der Waals surface area (Å²) in [6.07, 6.45) is 8.66. The van der Waals surface area contributed by atoms with Crippen LogP contribution in [0.3, 0.4) is 0 Å². The zero-order chi connectivity index (χ0) is 18.7. The summed E-state index contributed by atoms with van der Waals surface area (Å²) >= 11 is 6.10. The third-order valence-electron chi connectivity index (χ3n) is 4.48. The van der Waals surface area contributed by atoms with Crippen LogP contribution in [-0.4, -0.2) is 38.5 Å². The molecule has 2 aromatic rings. The van der Waals surface area contributed by atoms with Gasteiger partial charge in [-0.1, -0.05) is 35.9 Å². The van der Waals surface area contributed by atoms with Crippen LogP contribution in [0, 0.1) is 0 Å². The van der Waals surface area contributed by atoms with Gasteiger partial charge in [-0.15, -0.1) is 0 Å². The lowest BCUT2D eigenvalue weighted by Gasteiger charge is -2.16. The van der Waals surface area contributed by atoms with E-state index in [0.717, 1.165) is 10.6 Å². The molecule has 2 nitrogen and oxygen atoms in total. The van der Waals surface area contributed by atoms with Gasteiger partial charge in [-0.05, 0) is 58.7 Å². The lowest BCUT2D eigenvalue weighted by molar-refractivity contribution is -0.462. The van der Waals surface area contributed by atoms with Crippen molar-refractivity contribution >= 4 is 28.6 Å². The van der Waals surface area contributed by atoms with Gasteiger partial charge in [0.25, 0.3) is 0 Å². The van der Waals surface area contributed by atoms with E-state index in [4.69, 9.17) is 11.6 Å². The van der Waals surface area contributed by atoms with Gasteiger partial charge in [-0.25, -0.2) is 4.58 Å². The first-order valence-corrected chi connectivity index (χ1v) is 9.02. The monoisotopic (exact) mass is 363 g/mol. The summed E-state index contributed by atoms with van der Waals surface area (Å²) in [6, 6.07) is 16.7. The zero-order valence-corrected chi connectivity index (χ0v) is 16.5. The van der Waals surface area contributed by atoms with Gasteiger partial charge in [-0.2, -0.15) is 0 Å². The Kier molecular flexibility index (Phi) is 5.43. The van der Waals surface area contributed by atoms with Gasteiger partial charge < -0.3 is 4.90 Å². The first-order chi connectivity index (χ1) is 12.5. The molecule has 1 aliphatic carbocycles. The van der Waals surface area contributed by atoms with Crippen molar-refractivity contribution in [2.24, 2.45) is 0 Å². The second-order valence-electron chi connectivity index (χ2n) is 6.76. The van der Waals surface area contributed by atoms with Crippen LogP contribution < -0.4 is 4.90 Å². The maximum atomic E-state index is 6.10. The maximum absolute atomic E-state index is 6.10. The minimum atomic E-state index is 0.749. The second kappa shape index (κ2) is 7.76. The fourth-order valence-corrected chi connectivity index (χ4v) is 3.10. The van der Waals surface area contributed by atoms with E-state index in [2.05, 4.69) is 98.4 Å². The Morgan fingerprint density at radius 1 is 0.769 bits per heavy atom. The van der Waals surface area contributed by atoms with Crippen LogP contribution in [0.15, 0.2) is 78.4 Å². The molecule has 0 radical (unpaired) electrons. The third-order valence-corrected chi connectivity index (χ3v) is 4.73. The zero-order valence-electron chi connectivity index (χ0n) is 15.7. The molecular formula is C23H24ClN2+. The Hall–Kier alpha value is -2.58. The van der Waals surface area contributed by atoms with Gasteiger partial charge in [0.05, 0.1) is 0 Å². The molecule has 0 unspecified atom stereocenters. The Bertz CT molecular complexity index is 890. The van der Waals surface area contributed by atoms with Gasteiger partial charge in [0.2, 0.25) is 0 Å². The molecule has 0 aromatic heterocycles. The van der Waals surface area contributed by atoms with Crippen molar-refractivity contribution in [1.82, 2.24) is 0 Å². The quantitative estimate of drug-likeness (QED) is 0.692. The van der Waals surface area contributed by atoms with Crippen molar-refractivity contribution in [3.8, 4) is 0 Å². The molecule has 0 bridgehead atoms. The average molecular weight is 364 g/mol. The van der Waals surface area contributed by atoms with Crippen LogP contribution in [0.4, 0.5) is 5.69 Å². The number of hydrogen-bond acceptors (Lipinski definition) is 1. The highest BCUT2D eigenvalue weighted by Gasteiger charge is 2.13. The predicted octanol–water partition coefficient (Wildman–Crippen LogP) is 5.05. The highest BCUT2D eigenvalue weighted by molar-refractivity contribution is 6.30. The smallest absolute Gasteiger partial charge is 0.199 e. The summed E-state index contributed by atoms with van der Waals surface area (Å²) in [5, 5.41) is 0.749. The molecular weight excluding hydrogens is 340 g/mol. The van der Waals surface area contributed by atoms with Crippen molar-refractivity contribution in [3.63, 3.8) is 0 Å². The molecule has 26 heavy (non-hydrogen) atoms. The van der Waals surface area contributed by atoms with Crippen LogP contribution in [-0.2, 0) is 0 Å². The van der Waals surface area contributed by atoms with Gasteiger partial charge in [-0.3, -0.25) is 0 Å². The van der Waals surface area contributed by atoms with Crippen LogP contribution in [0.5, 0.6) is 0 Å². The first-order valence-electron chi connectivity index (χ1n) is 8.64. The average Bonchev–Trinajstić information content (AvgIpc) is 2.64. The number of rotatable bonds is 3. The number of allylic oxidation sites excluding steroid dienone is 5. The molecule has 132 valence electrons. The van der Waals surface area contributed by atoms with E-state index in [1.165, 1.54) is 28.1 Å². The van der Waals surface area contributed by atoms with Crippen molar-refractivity contribution in [1.29, 1.82) is 0 Å². The molecule has 0 amide bonds. The van der Waals surface area contributed by atoms with Crippen molar-refractivity contribution < 1.29 is 4.58 Å². The van der Waals surface area contributed by atoms with Crippen LogP contribution >= 0.6 is 11.6 Å². The van der Waals surface area contributed by atoms with Crippen molar-refractivity contribution in [2.45, 2.75) is 0 Å². The van der Waals surface area contributed by atoms with Crippen LogP contribution in [0.1, 0.15) is 11.1 Å². The molecule has 0 atom stereocenters. The highest BCUT2D eigenvalue weighted by Crippen LogP contribution is 2.31. The minimum absolute atomic E-state index is 0.749. The first kappa shape index (κ1) is 18.2. The normalized spacial score (nSPS) is 13.1. The fourth-order valence-electron chi connectivity index (χ4n) is 2.97. The molecule has 2 aromatic carbocycles. The topological polar surface area (TPSA) is 6.25 Å². The Labute approximate surface area is 161 Å². The minimum Gasteiger partial charge on any atom is -0.378 e. The number of nitrogens with zero attached hydrogens (tertiary/aromatic N) is 2. The summed E-state index contributed by atoms with van der Waals surface area (Å²) in [7, 11) is 8.22. The van der Waals surface area contributed by atoms with E-state index in [1.54, 1.807) is 0 Å². The molecule has 0 spiro atoms. The molecule has 0 saturated carbocycles. The number of benzene rings is 2. The lowest BCUT2D eigenvalue weighted by Crippen LogP contribution is -2.10. The van der Waals surface area contributed by atoms with E-state index >= 15 is 0 Å². The van der Waals surface area contributed by atoms with Crippen molar-refractivity contribution in [3.05, 3.63) is 94.6 Å². The molecule has 0 aliphatic heterocycles. The molecule has 0 saturated heterocycles. The van der Waals surface area contributed by atoms with Crippen molar-refractivity contribution in [2.75, 3.05) is 33.1 Å². The summed E-state index contributed by atoms with van der Waals surface area (Å²) in [6.45, 7) is 0. The largest absolute Gasteiger partial charge is 0.378 e. The Morgan fingerprint density at radius 3 is 1.73 bits per heavy atom. The second-order valence-corrected chi connectivity index (χ2v) is 7.20. The van der Waals surface area contributed by atoms with Crippen LogP contribution in [0.2, 0.25) is 5.02 Å². The van der Waals surface area contributed by atoms with E-state index in [0.29, 0.717) is 0 Å². The van der Waals surface area contributed by atoms with Gasteiger partial charge in [0, 0.05) is 37.0 Å². The number of halogens is 1. The summed E-state index contributed by atoms with van der Waals surface area (Å²) in [5.41, 5.74) is 7.12. The SMILES string of the molecule is CN(C)c1ccc(C(=C2C=CC(=[N+](C)C)C=C2)c2ccc(Cl)cc2)cc1. The third kappa shape index (κ3) is 3.97. The standard InChI is InChI=1S/C23H24ClN2/c1-25(2)21-13-7-18(8-14-21)23(17-5-11-20(24)12-6-17)19-9-15-22(16-10-19)26(3)4/h5-16H,1-4H3/q+1. The van der Waals surface area contributed by atoms with Gasteiger partial charge in [0.15, 0.2) is 5.71 Å². The molecule has 1 aliphatic rings.